The molecule has 1 aromatic carbocycles. The molecule has 0 N–H and O–H groups in total. The Kier molecular flexibility index (Phi) is 1.36. The average Bonchev–Trinajstić information content (AvgIpc) is 3.51. The van der Waals surface area contributed by atoms with Crippen LogP contribution in [0.2, 0.25) is 0 Å². The Morgan fingerprint density at radius 3 is 1.89 bits per heavy atom. The smallest absolute Gasteiger partial charge is 0.352 e. The summed E-state index contributed by atoms with van der Waals surface area (Å²) in [5.74, 6) is 2.44. The van der Waals surface area contributed by atoms with Crippen molar-refractivity contribution >= 4 is 0 Å². The van der Waals surface area contributed by atoms with Gasteiger partial charge in [-0.05, 0) is 35.8 Å². The molecule has 5 aliphatic carbocycles. The summed E-state index contributed by atoms with van der Waals surface area (Å²) in [4.78, 5) is 27.0. The third-order valence-electron chi connectivity index (χ3n) is 9.85. The maximum absolute atomic E-state index is 13.5. The van der Waals surface area contributed by atoms with Gasteiger partial charge in [0.2, 0.25) is 0 Å². The minimum Gasteiger partial charge on any atom is -0.366 e. The lowest BCUT2D eigenvalue weighted by Crippen LogP contribution is -2.57. The number of ether oxygens (including phenoxy) is 2. The predicted octanol–water partition coefficient (Wildman–Crippen LogP) is -0.0631. The van der Waals surface area contributed by atoms with Gasteiger partial charge in [-0.1, -0.05) is 18.2 Å². The van der Waals surface area contributed by atoms with Crippen molar-refractivity contribution in [2.75, 3.05) is 0 Å². The first-order valence-corrected chi connectivity index (χ1v) is 10.1. The third kappa shape index (κ3) is 0.809. The van der Waals surface area contributed by atoms with Crippen LogP contribution in [0.3, 0.4) is 0 Å². The van der Waals surface area contributed by atoms with E-state index < -0.39 is 0 Å². The Morgan fingerprint density at radius 1 is 0.778 bits per heavy atom. The molecule has 12 atom stereocenters. The lowest BCUT2D eigenvalue weighted by atomic mass is 9.64. The largest absolute Gasteiger partial charge is 0.366 e. The number of fused-ring (bicyclic) bond motifs is 3. The van der Waals surface area contributed by atoms with Crippen molar-refractivity contribution in [1.29, 1.82) is 0 Å². The summed E-state index contributed by atoms with van der Waals surface area (Å²) in [6.07, 6.45) is 0.998. The molecule has 0 amide bonds. The van der Waals surface area contributed by atoms with Crippen LogP contribution in [0.1, 0.15) is 12.1 Å². The second-order valence-electron chi connectivity index (χ2n) is 9.93. The van der Waals surface area contributed by atoms with Gasteiger partial charge in [-0.15, -0.1) is 0 Å². The molecule has 5 saturated carbocycles. The van der Waals surface area contributed by atoms with Crippen molar-refractivity contribution in [2.24, 2.45) is 34.5 Å². The Balaban J connectivity index is 1.34. The summed E-state index contributed by atoms with van der Waals surface area (Å²) in [6.45, 7) is 0. The maximum atomic E-state index is 13.5. The van der Waals surface area contributed by atoms with Crippen molar-refractivity contribution in [1.82, 2.24) is 13.9 Å². The topological polar surface area (TPSA) is 74.0 Å². The molecule has 7 heteroatoms. The highest BCUT2D eigenvalue weighted by molar-refractivity contribution is 5.56. The molecule has 11 rings (SSSR count). The molecule has 134 valence electrons. The molecular formula is C20H15N3O4. The van der Waals surface area contributed by atoms with Gasteiger partial charge >= 0.3 is 11.4 Å². The molecule has 2 spiro atoms. The van der Waals surface area contributed by atoms with Crippen molar-refractivity contribution in [3.05, 3.63) is 51.3 Å². The van der Waals surface area contributed by atoms with Crippen molar-refractivity contribution in [3.8, 4) is 5.69 Å². The predicted molar refractivity (Wildman–Crippen MR) is 88.5 cm³/mol. The molecular weight excluding hydrogens is 346 g/mol. The van der Waals surface area contributed by atoms with E-state index in [1.165, 1.54) is 4.57 Å². The molecule has 5 heterocycles. The van der Waals surface area contributed by atoms with Crippen molar-refractivity contribution in [3.63, 3.8) is 0 Å². The van der Waals surface area contributed by atoms with Crippen LogP contribution in [0.25, 0.3) is 5.69 Å². The zero-order valence-electron chi connectivity index (χ0n) is 14.1. The molecule has 2 unspecified atom stereocenters. The van der Waals surface area contributed by atoms with Gasteiger partial charge in [0, 0.05) is 10.8 Å². The SMILES string of the molecule is O=c1n(-c2ccccc2)c(=O)n2n1[C@@H]1[C@H]3C4C5[C@]16[C@H]1O[C@@H]1[C@@H]1O[C@@H]1[C@@]56[C@H]2[C@H]43. The lowest BCUT2D eigenvalue weighted by Gasteiger charge is -2.48. The Morgan fingerprint density at radius 2 is 1.33 bits per heavy atom. The van der Waals surface area contributed by atoms with Crippen LogP contribution in [0.4, 0.5) is 0 Å². The van der Waals surface area contributed by atoms with E-state index in [2.05, 4.69) is 0 Å². The number of benzene rings is 1. The third-order valence-corrected chi connectivity index (χ3v) is 9.85. The fraction of sp³-hybridized carbons (Fsp3) is 0.600. The quantitative estimate of drug-likeness (QED) is 0.667. The van der Waals surface area contributed by atoms with Gasteiger partial charge in [0.05, 0.1) is 30.0 Å². The monoisotopic (exact) mass is 361 g/mol. The molecule has 7 nitrogen and oxygen atoms in total. The van der Waals surface area contributed by atoms with E-state index in [1.807, 2.05) is 39.7 Å². The molecule has 4 aliphatic heterocycles. The minimum absolute atomic E-state index is 0.0726. The summed E-state index contributed by atoms with van der Waals surface area (Å²) in [5, 5.41) is 0. The van der Waals surface area contributed by atoms with Crippen LogP contribution >= 0.6 is 0 Å². The zero-order valence-corrected chi connectivity index (χ0v) is 14.1. The van der Waals surface area contributed by atoms with Crippen LogP contribution in [-0.2, 0) is 9.47 Å². The second-order valence-corrected chi connectivity index (χ2v) is 9.93. The van der Waals surface area contributed by atoms with Crippen LogP contribution < -0.4 is 11.4 Å². The van der Waals surface area contributed by atoms with Crippen molar-refractivity contribution < 1.29 is 9.47 Å². The highest BCUT2D eigenvalue weighted by Gasteiger charge is 3.11. The highest BCUT2D eigenvalue weighted by atomic mass is 16.7. The normalized spacial score (nSPS) is 61.6. The fourth-order valence-electron chi connectivity index (χ4n) is 9.63. The molecule has 0 radical (unpaired) electrons. The fourth-order valence-corrected chi connectivity index (χ4v) is 9.63. The van der Waals surface area contributed by atoms with Gasteiger partial charge in [-0.3, -0.25) is 0 Å². The van der Waals surface area contributed by atoms with Gasteiger partial charge in [0.15, 0.2) is 0 Å². The molecule has 2 aromatic rings. The minimum atomic E-state index is -0.170. The molecule has 2 saturated heterocycles. The zero-order chi connectivity index (χ0) is 17.2. The number of hydrogen-bond donors (Lipinski definition) is 0. The first-order chi connectivity index (χ1) is 13.3. The number of aromatic nitrogens is 3. The summed E-state index contributed by atoms with van der Waals surface area (Å²) < 4.78 is 17.4. The molecule has 1 aromatic heterocycles. The number of rotatable bonds is 1. The van der Waals surface area contributed by atoms with Gasteiger partial charge < -0.3 is 9.47 Å². The Hall–Kier alpha value is -2.12. The Bertz CT molecular complexity index is 1200. The van der Waals surface area contributed by atoms with E-state index in [-0.39, 0.29) is 58.7 Å². The lowest BCUT2D eigenvalue weighted by molar-refractivity contribution is -0.0267. The van der Waals surface area contributed by atoms with Crippen LogP contribution in [-0.4, -0.2) is 38.3 Å². The summed E-state index contributed by atoms with van der Waals surface area (Å²) in [7, 11) is 0. The second kappa shape index (κ2) is 2.97. The number of para-hydroxylation sites is 1. The van der Waals surface area contributed by atoms with Crippen LogP contribution in [0.15, 0.2) is 39.9 Å². The molecule has 2 bridgehead atoms. The summed E-state index contributed by atoms with van der Waals surface area (Å²) in [6, 6.07) is 9.60. The summed E-state index contributed by atoms with van der Waals surface area (Å²) >= 11 is 0. The van der Waals surface area contributed by atoms with E-state index in [9.17, 15) is 9.59 Å². The molecule has 27 heavy (non-hydrogen) atoms. The van der Waals surface area contributed by atoms with E-state index >= 15 is 0 Å². The number of nitrogens with zero attached hydrogens (tertiary/aromatic N) is 3. The van der Waals surface area contributed by atoms with Gasteiger partial charge in [-0.25, -0.2) is 23.5 Å². The van der Waals surface area contributed by atoms with Gasteiger partial charge in [0.25, 0.3) is 0 Å². The first kappa shape index (κ1) is 12.4. The number of epoxide rings is 2. The highest BCUT2D eigenvalue weighted by Crippen LogP contribution is 3.07. The average molecular weight is 361 g/mol. The molecule has 9 aliphatic rings. The van der Waals surface area contributed by atoms with Crippen molar-refractivity contribution in [2.45, 2.75) is 36.5 Å². The van der Waals surface area contributed by atoms with E-state index in [1.54, 1.807) is 0 Å². The van der Waals surface area contributed by atoms with Gasteiger partial charge in [0.1, 0.15) is 12.2 Å². The maximum Gasteiger partial charge on any atom is 0.352 e. The van der Waals surface area contributed by atoms with E-state index in [0.717, 1.165) is 0 Å². The standard InChI is InChI=1S/C20H15N3O4/c24-17-21(6-4-2-1-3-5-6)18(25)23-14-9-7-8(9)13(22(17)23)19-12(7)20(14,19)16-11(27-16)10-15(19)26-10/h1-5,7-16H/t7?,8-,9+,10+,11-,12?,13-,14-,15+,16+,19+,20-/m1/s1. The van der Waals surface area contributed by atoms with E-state index in [0.29, 0.717) is 29.4 Å². The van der Waals surface area contributed by atoms with E-state index in [4.69, 9.17) is 9.47 Å². The first-order valence-electron chi connectivity index (χ1n) is 10.1. The van der Waals surface area contributed by atoms with Crippen LogP contribution in [0, 0.1) is 34.5 Å². The number of hydrogen-bond acceptors (Lipinski definition) is 4. The Labute approximate surface area is 152 Å². The summed E-state index contributed by atoms with van der Waals surface area (Å²) in [5.41, 5.74) is 0.468. The molecule has 7 fully saturated rings. The van der Waals surface area contributed by atoms with Gasteiger partial charge in [-0.2, -0.15) is 0 Å². The van der Waals surface area contributed by atoms with Crippen LogP contribution in [0.5, 0.6) is 0 Å².